The van der Waals surface area contributed by atoms with Crippen LogP contribution in [0.25, 0.3) is 11.0 Å². The van der Waals surface area contributed by atoms with Crippen LogP contribution in [0.4, 0.5) is 14.6 Å². The second-order valence-corrected chi connectivity index (χ2v) is 5.50. The molecule has 1 aliphatic rings. The van der Waals surface area contributed by atoms with E-state index in [-0.39, 0.29) is 18.4 Å². The third-order valence-corrected chi connectivity index (χ3v) is 3.93. The fourth-order valence-electron chi connectivity index (χ4n) is 2.88. The second-order valence-electron chi connectivity index (χ2n) is 5.50. The van der Waals surface area contributed by atoms with Crippen LogP contribution in [0.1, 0.15) is 25.7 Å². The highest BCUT2D eigenvalue weighted by Crippen LogP contribution is 2.26. The number of hydrogen-bond donors (Lipinski definition) is 1. The van der Waals surface area contributed by atoms with Gasteiger partial charge in [-0.25, -0.2) is 13.8 Å². The fourth-order valence-corrected chi connectivity index (χ4v) is 2.88. The van der Waals surface area contributed by atoms with Crippen molar-refractivity contribution in [3.63, 3.8) is 0 Å². The van der Waals surface area contributed by atoms with Crippen LogP contribution in [0.3, 0.4) is 0 Å². The molecule has 1 amide bonds. The van der Waals surface area contributed by atoms with Crippen molar-refractivity contribution in [2.45, 2.75) is 31.7 Å². The smallest absolute Gasteiger partial charge is 0.219 e. The molecule has 0 spiro atoms. The third-order valence-electron chi connectivity index (χ3n) is 3.93. The van der Waals surface area contributed by atoms with E-state index in [1.54, 1.807) is 0 Å². The highest BCUT2D eigenvalue weighted by Gasteiger charge is 2.25. The van der Waals surface area contributed by atoms with Gasteiger partial charge in [0.05, 0.1) is 17.2 Å². The molecular weight excluding hydrogens is 290 g/mol. The largest absolute Gasteiger partial charge is 0.370 e. The lowest BCUT2D eigenvalue weighted by Crippen LogP contribution is -2.42. The van der Waals surface area contributed by atoms with E-state index in [4.69, 9.17) is 5.73 Å². The molecule has 0 saturated carbocycles. The molecule has 0 unspecified atom stereocenters. The molecule has 5 nitrogen and oxygen atoms in total. The Morgan fingerprint density at radius 1 is 1.27 bits per heavy atom. The number of carbonyl (C=O) groups is 1. The summed E-state index contributed by atoms with van der Waals surface area (Å²) in [6.07, 6.45) is 4.62. The second kappa shape index (κ2) is 5.82. The molecule has 1 fully saturated rings. The van der Waals surface area contributed by atoms with Crippen molar-refractivity contribution in [3.05, 3.63) is 30.0 Å². The molecule has 1 atom stereocenters. The van der Waals surface area contributed by atoms with Crippen LogP contribution < -0.4 is 10.6 Å². The Kier molecular flexibility index (Phi) is 3.87. The molecule has 1 aliphatic heterocycles. The molecule has 0 bridgehead atoms. The predicted molar refractivity (Wildman–Crippen MR) is 78.3 cm³/mol. The van der Waals surface area contributed by atoms with Gasteiger partial charge in [-0.2, -0.15) is 0 Å². The average Bonchev–Trinajstić information content (AvgIpc) is 2.48. The van der Waals surface area contributed by atoms with Gasteiger partial charge in [-0.15, -0.1) is 0 Å². The minimum absolute atomic E-state index is 0.0247. The Hall–Kier alpha value is -2.31. The van der Waals surface area contributed by atoms with Crippen molar-refractivity contribution < 1.29 is 13.6 Å². The number of piperidine rings is 1. The van der Waals surface area contributed by atoms with Crippen LogP contribution in [0.15, 0.2) is 18.3 Å². The number of carbonyl (C=O) groups excluding carboxylic acids is 1. The van der Waals surface area contributed by atoms with E-state index in [1.165, 1.54) is 6.20 Å². The van der Waals surface area contributed by atoms with E-state index < -0.39 is 11.6 Å². The lowest BCUT2D eigenvalue weighted by atomic mass is 9.99. The molecule has 1 aromatic carbocycles. The van der Waals surface area contributed by atoms with Crippen LogP contribution >= 0.6 is 0 Å². The monoisotopic (exact) mass is 306 g/mol. The van der Waals surface area contributed by atoms with Crippen molar-refractivity contribution in [2.24, 2.45) is 5.73 Å². The number of fused-ring (bicyclic) bond motifs is 1. The summed E-state index contributed by atoms with van der Waals surface area (Å²) in [5, 5.41) is 0. The van der Waals surface area contributed by atoms with E-state index in [2.05, 4.69) is 9.97 Å². The summed E-state index contributed by atoms with van der Waals surface area (Å²) in [6.45, 7) is 0.738. The van der Waals surface area contributed by atoms with Gasteiger partial charge >= 0.3 is 0 Å². The summed E-state index contributed by atoms with van der Waals surface area (Å²) in [5.41, 5.74) is 5.89. The molecule has 2 aromatic rings. The van der Waals surface area contributed by atoms with Crippen LogP contribution in [-0.4, -0.2) is 28.5 Å². The normalized spacial score (nSPS) is 18.6. The van der Waals surface area contributed by atoms with Gasteiger partial charge < -0.3 is 10.6 Å². The minimum atomic E-state index is -0.953. The van der Waals surface area contributed by atoms with Crippen LogP contribution in [-0.2, 0) is 4.79 Å². The van der Waals surface area contributed by atoms with E-state index in [0.29, 0.717) is 16.9 Å². The number of rotatable bonds is 3. The van der Waals surface area contributed by atoms with Gasteiger partial charge in [0.15, 0.2) is 11.6 Å². The zero-order chi connectivity index (χ0) is 15.7. The Bertz CT molecular complexity index is 722. The van der Waals surface area contributed by atoms with Gasteiger partial charge in [0.25, 0.3) is 0 Å². The van der Waals surface area contributed by atoms with Gasteiger partial charge in [0.2, 0.25) is 5.91 Å². The van der Waals surface area contributed by atoms with Gasteiger partial charge in [-0.3, -0.25) is 9.78 Å². The number of halogens is 2. The van der Waals surface area contributed by atoms with Crippen LogP contribution in [0, 0.1) is 11.6 Å². The molecular formula is C15H16F2N4O. The van der Waals surface area contributed by atoms with Gasteiger partial charge in [-0.05, 0) is 19.3 Å². The standard InChI is InChI=1S/C15H16F2N4O/c16-10-6-12-13(7-11(10)17)20-15(8-19-12)21-4-2-1-3-9(21)5-14(18)22/h6-9H,1-5H2,(H2,18,22)/t9-/m1/s1. The van der Waals surface area contributed by atoms with Gasteiger partial charge in [0.1, 0.15) is 5.82 Å². The Balaban J connectivity index is 1.97. The highest BCUT2D eigenvalue weighted by molar-refractivity contribution is 5.77. The molecule has 0 radical (unpaired) electrons. The maximum Gasteiger partial charge on any atom is 0.219 e. The average molecular weight is 306 g/mol. The number of nitrogens with zero attached hydrogens (tertiary/aromatic N) is 3. The number of amides is 1. The number of aromatic nitrogens is 2. The third kappa shape index (κ3) is 2.84. The number of nitrogens with two attached hydrogens (primary N) is 1. The SMILES string of the molecule is NC(=O)C[C@H]1CCCCN1c1cnc2cc(F)c(F)cc2n1. The summed E-state index contributed by atoms with van der Waals surface area (Å²) in [6, 6.07) is 2.04. The lowest BCUT2D eigenvalue weighted by molar-refractivity contribution is -0.118. The summed E-state index contributed by atoms with van der Waals surface area (Å²) in [4.78, 5) is 21.7. The zero-order valence-corrected chi connectivity index (χ0v) is 11.9. The summed E-state index contributed by atoms with van der Waals surface area (Å²) >= 11 is 0. The van der Waals surface area contributed by atoms with E-state index >= 15 is 0 Å². The van der Waals surface area contributed by atoms with E-state index in [1.807, 2.05) is 4.90 Å². The number of benzene rings is 1. The van der Waals surface area contributed by atoms with Crippen LogP contribution in [0.2, 0.25) is 0 Å². The predicted octanol–water partition coefficient (Wildman–Crippen LogP) is 2.14. The molecule has 1 aromatic heterocycles. The van der Waals surface area contributed by atoms with E-state index in [9.17, 15) is 13.6 Å². The van der Waals surface area contributed by atoms with Crippen molar-refractivity contribution in [1.29, 1.82) is 0 Å². The topological polar surface area (TPSA) is 72.1 Å². The summed E-state index contributed by atoms with van der Waals surface area (Å²) in [5.74, 6) is -1.70. The van der Waals surface area contributed by atoms with Crippen molar-refractivity contribution in [3.8, 4) is 0 Å². The molecule has 116 valence electrons. The Morgan fingerprint density at radius 3 is 2.73 bits per heavy atom. The fraction of sp³-hybridized carbons (Fsp3) is 0.400. The first kappa shape index (κ1) is 14.6. The number of primary amides is 1. The minimum Gasteiger partial charge on any atom is -0.370 e. The lowest BCUT2D eigenvalue weighted by Gasteiger charge is -2.36. The maximum atomic E-state index is 13.4. The first-order chi connectivity index (χ1) is 10.5. The van der Waals surface area contributed by atoms with Gasteiger partial charge in [-0.1, -0.05) is 0 Å². The molecule has 7 heteroatoms. The Morgan fingerprint density at radius 2 is 2.00 bits per heavy atom. The number of anilines is 1. The summed E-state index contributed by atoms with van der Waals surface area (Å²) < 4.78 is 26.6. The molecule has 22 heavy (non-hydrogen) atoms. The molecule has 1 saturated heterocycles. The van der Waals surface area contributed by atoms with E-state index in [0.717, 1.165) is 37.9 Å². The van der Waals surface area contributed by atoms with Crippen molar-refractivity contribution in [2.75, 3.05) is 11.4 Å². The first-order valence-corrected chi connectivity index (χ1v) is 7.21. The molecule has 2 N–H and O–H groups in total. The molecule has 0 aliphatic carbocycles. The Labute approximate surface area is 126 Å². The van der Waals surface area contributed by atoms with Crippen LogP contribution in [0.5, 0.6) is 0 Å². The van der Waals surface area contributed by atoms with Crippen molar-refractivity contribution >= 4 is 22.8 Å². The maximum absolute atomic E-state index is 13.4. The molecule has 3 rings (SSSR count). The first-order valence-electron chi connectivity index (χ1n) is 7.21. The van der Waals surface area contributed by atoms with Gasteiger partial charge in [0, 0.05) is 31.1 Å². The number of hydrogen-bond acceptors (Lipinski definition) is 4. The van der Waals surface area contributed by atoms with Crippen molar-refractivity contribution in [1.82, 2.24) is 9.97 Å². The quantitative estimate of drug-likeness (QED) is 0.943. The summed E-state index contributed by atoms with van der Waals surface area (Å²) in [7, 11) is 0. The zero-order valence-electron chi connectivity index (χ0n) is 11.9. The highest BCUT2D eigenvalue weighted by atomic mass is 19.2. The molecule has 2 heterocycles.